The van der Waals surface area contributed by atoms with E-state index in [0.717, 1.165) is 49.9 Å². The Bertz CT molecular complexity index is 996. The largest absolute Gasteiger partial charge is 0.380 e. The number of aryl methyl sites for hydroxylation is 1. The number of piperazine rings is 1. The predicted octanol–water partition coefficient (Wildman–Crippen LogP) is 1.97. The van der Waals surface area contributed by atoms with Gasteiger partial charge in [0.2, 0.25) is 5.95 Å². The van der Waals surface area contributed by atoms with Gasteiger partial charge in [0.05, 0.1) is 25.1 Å². The van der Waals surface area contributed by atoms with E-state index in [1.54, 1.807) is 19.4 Å². The molecule has 9 nitrogen and oxygen atoms in total. The van der Waals surface area contributed by atoms with Gasteiger partial charge in [-0.25, -0.2) is 9.97 Å². The molecule has 0 saturated carbocycles. The molecule has 2 aromatic rings. The highest BCUT2D eigenvalue weighted by Crippen LogP contribution is 2.37. The van der Waals surface area contributed by atoms with Crippen molar-refractivity contribution < 1.29 is 9.53 Å². The Morgan fingerprint density at radius 3 is 2.62 bits per heavy atom. The van der Waals surface area contributed by atoms with Crippen LogP contribution in [-0.2, 0) is 4.74 Å². The first-order valence-electron chi connectivity index (χ1n) is 11.3. The highest BCUT2D eigenvalue weighted by atomic mass is 16.5. The molecular formula is C23H31N7O2. The predicted molar refractivity (Wildman–Crippen MR) is 122 cm³/mol. The average molecular weight is 438 g/mol. The topological polar surface area (TPSA) is 95.5 Å². The van der Waals surface area contributed by atoms with E-state index in [2.05, 4.69) is 37.3 Å². The van der Waals surface area contributed by atoms with Gasteiger partial charge in [-0.2, -0.15) is 4.98 Å². The van der Waals surface area contributed by atoms with Crippen LogP contribution >= 0.6 is 0 Å². The maximum Gasteiger partial charge on any atom is 0.269 e. The van der Waals surface area contributed by atoms with Crippen LogP contribution in [0.5, 0.6) is 0 Å². The first-order chi connectivity index (χ1) is 15.4. The number of nitrogens with one attached hydrogen (secondary N) is 2. The zero-order valence-electron chi connectivity index (χ0n) is 19.0. The molecule has 3 saturated heterocycles. The van der Waals surface area contributed by atoms with Crippen LogP contribution in [0.1, 0.15) is 35.8 Å². The fourth-order valence-corrected chi connectivity index (χ4v) is 5.13. The molecule has 2 N–H and O–H groups in total. The minimum atomic E-state index is -0.195. The Balaban J connectivity index is 1.27. The lowest BCUT2D eigenvalue weighted by Gasteiger charge is -2.48. The number of anilines is 3. The van der Waals surface area contributed by atoms with Gasteiger partial charge in [-0.05, 0) is 37.5 Å². The lowest BCUT2D eigenvalue weighted by Crippen LogP contribution is -2.59. The summed E-state index contributed by atoms with van der Waals surface area (Å²) in [5.41, 5.74) is 2.29. The number of fused-ring (bicyclic) bond motifs is 2. The number of carbonyl (C=O) groups excluding carboxylic acids is 1. The van der Waals surface area contributed by atoms with E-state index in [1.807, 2.05) is 19.1 Å². The molecule has 3 aliphatic heterocycles. The van der Waals surface area contributed by atoms with Crippen molar-refractivity contribution in [2.45, 2.75) is 38.8 Å². The van der Waals surface area contributed by atoms with Crippen LogP contribution in [0.25, 0.3) is 0 Å². The Kier molecular flexibility index (Phi) is 5.46. The molecule has 1 amide bonds. The first-order valence-corrected chi connectivity index (χ1v) is 11.3. The van der Waals surface area contributed by atoms with E-state index >= 15 is 0 Å². The zero-order chi connectivity index (χ0) is 22.3. The monoisotopic (exact) mass is 437 g/mol. The summed E-state index contributed by atoms with van der Waals surface area (Å²) in [4.78, 5) is 30.4. The summed E-state index contributed by atoms with van der Waals surface area (Å²) in [7, 11) is 1.60. The summed E-state index contributed by atoms with van der Waals surface area (Å²) >= 11 is 0. The molecule has 0 aliphatic carbocycles. The molecule has 0 aromatic carbocycles. The lowest BCUT2D eigenvalue weighted by atomic mass is 9.87. The second-order valence-corrected chi connectivity index (χ2v) is 9.60. The van der Waals surface area contributed by atoms with Crippen LogP contribution in [0.4, 0.5) is 17.5 Å². The highest BCUT2D eigenvalue weighted by Gasteiger charge is 2.45. The summed E-state index contributed by atoms with van der Waals surface area (Å²) in [6.07, 6.45) is 5.93. The van der Waals surface area contributed by atoms with E-state index in [0.29, 0.717) is 29.1 Å². The number of hydrogen-bond donors (Lipinski definition) is 2. The number of aromatic nitrogens is 3. The van der Waals surface area contributed by atoms with Crippen molar-refractivity contribution in [1.29, 1.82) is 0 Å². The van der Waals surface area contributed by atoms with Crippen molar-refractivity contribution >= 4 is 23.4 Å². The number of amides is 1. The Labute approximate surface area is 188 Å². The van der Waals surface area contributed by atoms with E-state index < -0.39 is 0 Å². The summed E-state index contributed by atoms with van der Waals surface area (Å²) in [5.74, 6) is 1.29. The molecule has 2 aromatic heterocycles. The number of ether oxygens (including phenoxy) is 1. The van der Waals surface area contributed by atoms with Crippen LogP contribution in [0.15, 0.2) is 24.5 Å². The third-order valence-corrected chi connectivity index (χ3v) is 6.84. The Morgan fingerprint density at radius 2 is 2.00 bits per heavy atom. The maximum absolute atomic E-state index is 11.9. The van der Waals surface area contributed by atoms with Crippen molar-refractivity contribution in [3.63, 3.8) is 0 Å². The van der Waals surface area contributed by atoms with Gasteiger partial charge in [0.25, 0.3) is 5.91 Å². The van der Waals surface area contributed by atoms with Gasteiger partial charge >= 0.3 is 0 Å². The molecule has 2 bridgehead atoms. The zero-order valence-corrected chi connectivity index (χ0v) is 19.0. The van der Waals surface area contributed by atoms with Crippen LogP contribution in [0.2, 0.25) is 0 Å². The Hall–Kier alpha value is -2.78. The molecule has 3 aliphatic rings. The summed E-state index contributed by atoms with van der Waals surface area (Å²) in [5, 5.41) is 5.84. The van der Waals surface area contributed by atoms with E-state index in [-0.39, 0.29) is 5.91 Å². The van der Waals surface area contributed by atoms with Gasteiger partial charge in [0.15, 0.2) is 0 Å². The van der Waals surface area contributed by atoms with Crippen molar-refractivity contribution in [2.24, 2.45) is 5.41 Å². The van der Waals surface area contributed by atoms with E-state index in [9.17, 15) is 4.79 Å². The van der Waals surface area contributed by atoms with Gasteiger partial charge in [-0.3, -0.25) is 9.69 Å². The molecule has 3 fully saturated rings. The van der Waals surface area contributed by atoms with Crippen molar-refractivity contribution in [3.8, 4) is 0 Å². The molecule has 5 rings (SSSR count). The molecule has 32 heavy (non-hydrogen) atoms. The quantitative estimate of drug-likeness (QED) is 0.708. The molecule has 1 unspecified atom stereocenters. The summed E-state index contributed by atoms with van der Waals surface area (Å²) in [6.45, 7) is 9.08. The van der Waals surface area contributed by atoms with E-state index in [1.165, 1.54) is 12.8 Å². The maximum atomic E-state index is 11.9. The molecule has 2 atom stereocenters. The molecule has 0 radical (unpaired) electrons. The third kappa shape index (κ3) is 4.02. The van der Waals surface area contributed by atoms with Gasteiger partial charge in [0.1, 0.15) is 11.5 Å². The van der Waals surface area contributed by atoms with Crippen molar-refractivity contribution in [3.05, 3.63) is 35.8 Å². The van der Waals surface area contributed by atoms with Gasteiger partial charge in [0, 0.05) is 50.4 Å². The second kappa shape index (κ2) is 8.29. The number of rotatable bonds is 6. The second-order valence-electron chi connectivity index (χ2n) is 9.60. The van der Waals surface area contributed by atoms with Crippen molar-refractivity contribution in [2.75, 3.05) is 50.1 Å². The van der Waals surface area contributed by atoms with Gasteiger partial charge in [-0.1, -0.05) is 6.92 Å². The normalized spacial score (nSPS) is 24.2. The molecule has 9 heteroatoms. The Morgan fingerprint density at radius 1 is 1.25 bits per heavy atom. The average Bonchev–Trinajstić information content (AvgIpc) is 2.99. The minimum absolute atomic E-state index is 0.195. The minimum Gasteiger partial charge on any atom is -0.380 e. The highest BCUT2D eigenvalue weighted by molar-refractivity contribution is 5.93. The number of carbonyl (C=O) groups is 1. The number of pyridine rings is 1. The standard InChI is InChI=1S/C23H31N7O2/c1-15-8-16(9-26-20(15)21(31)24-3)27-22-25-7-6-19(28-22)29-10-17-4-5-18(11-29)30(17)12-23(2)13-32-14-23/h6-9,17-18H,4-5,10-14H2,1-3H3,(H,24,31)(H,25,27,28)/t17-,18?/m0/s1. The summed E-state index contributed by atoms with van der Waals surface area (Å²) < 4.78 is 5.47. The first kappa shape index (κ1) is 21.1. The lowest BCUT2D eigenvalue weighted by molar-refractivity contribution is -0.120. The number of nitrogens with zero attached hydrogens (tertiary/aromatic N) is 5. The van der Waals surface area contributed by atoms with Crippen LogP contribution in [0.3, 0.4) is 0 Å². The molecule has 5 heterocycles. The van der Waals surface area contributed by atoms with Crippen molar-refractivity contribution in [1.82, 2.24) is 25.2 Å². The third-order valence-electron chi connectivity index (χ3n) is 6.84. The SMILES string of the molecule is CNC(=O)c1ncc(Nc2nccc(N3CC4CC[C@@H](C3)N4CC3(C)COC3)n2)cc1C. The fraction of sp³-hybridized carbons (Fsp3) is 0.565. The van der Waals surface area contributed by atoms with Gasteiger partial charge in [-0.15, -0.1) is 0 Å². The summed E-state index contributed by atoms with van der Waals surface area (Å²) in [6, 6.07) is 5.01. The van der Waals surface area contributed by atoms with Crippen LogP contribution in [-0.4, -0.2) is 77.7 Å². The number of hydrogen-bond acceptors (Lipinski definition) is 8. The van der Waals surface area contributed by atoms with Crippen LogP contribution < -0.4 is 15.5 Å². The van der Waals surface area contributed by atoms with Gasteiger partial charge < -0.3 is 20.3 Å². The van der Waals surface area contributed by atoms with Crippen LogP contribution in [0, 0.1) is 12.3 Å². The molecule has 170 valence electrons. The molecule has 0 spiro atoms. The molecular weight excluding hydrogens is 406 g/mol. The van der Waals surface area contributed by atoms with E-state index in [4.69, 9.17) is 9.72 Å². The fourth-order valence-electron chi connectivity index (χ4n) is 5.13. The smallest absolute Gasteiger partial charge is 0.269 e.